The van der Waals surface area contributed by atoms with Crippen LogP contribution < -0.4 is 5.32 Å². The molecule has 0 saturated heterocycles. The fourth-order valence-electron chi connectivity index (χ4n) is 4.61. The summed E-state index contributed by atoms with van der Waals surface area (Å²) in [7, 11) is 0. The van der Waals surface area contributed by atoms with Crippen LogP contribution in [-0.2, 0) is 9.57 Å². The zero-order chi connectivity index (χ0) is 16.5. The van der Waals surface area contributed by atoms with Crippen molar-refractivity contribution < 1.29 is 32.6 Å². The summed E-state index contributed by atoms with van der Waals surface area (Å²) in [6.07, 6.45) is -3.00. The quantitative estimate of drug-likeness (QED) is 0.828. The van der Waals surface area contributed by atoms with Crippen molar-refractivity contribution in [1.29, 1.82) is 0 Å². The van der Waals surface area contributed by atoms with E-state index in [-0.39, 0.29) is 23.0 Å². The van der Waals surface area contributed by atoms with Crippen molar-refractivity contribution in [2.45, 2.75) is 62.6 Å². The monoisotopic (exact) mass is 334 g/mol. The van der Waals surface area contributed by atoms with Crippen LogP contribution in [0.5, 0.6) is 0 Å². The first-order chi connectivity index (χ1) is 10.7. The summed E-state index contributed by atoms with van der Waals surface area (Å²) in [5, 5.41) is 15.5. The Morgan fingerprint density at radius 2 is 2.00 bits per heavy atom. The number of hydrogen-bond acceptors (Lipinski definition) is 4. The molecule has 4 fully saturated rings. The summed E-state index contributed by atoms with van der Waals surface area (Å²) in [6.45, 7) is 0. The molecule has 4 aliphatic carbocycles. The second kappa shape index (κ2) is 4.52. The lowest BCUT2D eigenvalue weighted by Crippen LogP contribution is -2.76. The summed E-state index contributed by atoms with van der Waals surface area (Å²) in [6, 6.07) is 0. The van der Waals surface area contributed by atoms with Gasteiger partial charge in [-0.1, -0.05) is 5.16 Å². The Morgan fingerprint density at radius 1 is 1.35 bits per heavy atom. The van der Waals surface area contributed by atoms with Gasteiger partial charge in [0, 0.05) is 23.3 Å². The van der Waals surface area contributed by atoms with E-state index in [1.165, 1.54) is 0 Å². The Kier molecular flexibility index (Phi) is 2.96. The van der Waals surface area contributed by atoms with Crippen LogP contribution in [0.3, 0.4) is 0 Å². The van der Waals surface area contributed by atoms with Crippen LogP contribution in [0.25, 0.3) is 0 Å². The van der Waals surface area contributed by atoms with Crippen LogP contribution in [0, 0.1) is 11.3 Å². The third-order valence-corrected chi connectivity index (χ3v) is 5.66. The molecule has 2 bridgehead atoms. The van der Waals surface area contributed by atoms with Crippen LogP contribution in [0.2, 0.25) is 0 Å². The minimum Gasteiger partial charge on any atom is -0.465 e. The van der Waals surface area contributed by atoms with Gasteiger partial charge in [0.2, 0.25) is 0 Å². The number of nitrogens with one attached hydrogen (secondary N) is 1. The van der Waals surface area contributed by atoms with E-state index in [0.717, 1.165) is 25.0 Å². The average Bonchev–Trinajstić information content (AvgIpc) is 2.73. The molecule has 1 unspecified atom stereocenters. The molecule has 23 heavy (non-hydrogen) atoms. The molecule has 0 radical (unpaired) electrons. The first-order valence-electron chi connectivity index (χ1n) is 7.68. The van der Waals surface area contributed by atoms with Gasteiger partial charge < -0.3 is 15.3 Å². The normalized spacial score (nSPS) is 44.3. The first kappa shape index (κ1) is 15.0. The molecular weight excluding hydrogens is 317 g/mol. The predicted octanol–water partition coefficient (Wildman–Crippen LogP) is 2.64. The highest BCUT2D eigenvalue weighted by atomic mass is 19.4. The Balaban J connectivity index is 1.24. The molecule has 5 rings (SSSR count). The largest absolute Gasteiger partial charge is 0.522 e. The summed E-state index contributed by atoms with van der Waals surface area (Å²) in [4.78, 5) is 16.1. The van der Waals surface area contributed by atoms with Crippen LogP contribution >= 0.6 is 0 Å². The van der Waals surface area contributed by atoms with Crippen LogP contribution in [0.15, 0.2) is 5.16 Å². The van der Waals surface area contributed by atoms with Gasteiger partial charge in [0.25, 0.3) is 0 Å². The molecule has 0 aromatic heterocycles. The van der Waals surface area contributed by atoms with Crippen molar-refractivity contribution >= 4 is 11.8 Å². The van der Waals surface area contributed by atoms with E-state index < -0.39 is 18.6 Å². The Morgan fingerprint density at radius 3 is 2.57 bits per heavy atom. The zero-order valence-electron chi connectivity index (χ0n) is 12.2. The van der Waals surface area contributed by atoms with Crippen molar-refractivity contribution in [3.63, 3.8) is 0 Å². The van der Waals surface area contributed by atoms with Crippen molar-refractivity contribution in [3.8, 4) is 0 Å². The van der Waals surface area contributed by atoms with Gasteiger partial charge in [0.1, 0.15) is 6.10 Å². The SMILES string of the molecule is O=C(O)NC12CC(C3=NOC(C4CC(OC(F)(F)F)C4)C3)(C1)C2. The highest BCUT2D eigenvalue weighted by molar-refractivity contribution is 5.95. The molecule has 2 N–H and O–H groups in total. The molecule has 1 aliphatic heterocycles. The number of amides is 1. The highest BCUT2D eigenvalue weighted by Crippen LogP contribution is 2.69. The number of oxime groups is 1. The Labute approximate surface area is 130 Å². The molecule has 0 aromatic rings. The number of carbonyl (C=O) groups is 1. The van der Waals surface area contributed by atoms with E-state index in [1.54, 1.807) is 0 Å². The molecule has 1 amide bonds. The van der Waals surface area contributed by atoms with Crippen molar-refractivity contribution in [3.05, 3.63) is 0 Å². The molecule has 5 aliphatic rings. The van der Waals surface area contributed by atoms with Gasteiger partial charge in [-0.15, -0.1) is 13.2 Å². The minimum atomic E-state index is -4.58. The van der Waals surface area contributed by atoms with Crippen LogP contribution in [0.1, 0.15) is 38.5 Å². The molecule has 0 aromatic carbocycles. The fourth-order valence-corrected chi connectivity index (χ4v) is 4.61. The maximum Gasteiger partial charge on any atom is 0.522 e. The van der Waals surface area contributed by atoms with E-state index in [2.05, 4.69) is 15.2 Å². The smallest absolute Gasteiger partial charge is 0.465 e. The number of nitrogens with zero attached hydrogens (tertiary/aromatic N) is 1. The molecule has 1 heterocycles. The van der Waals surface area contributed by atoms with Gasteiger partial charge in [0.15, 0.2) is 0 Å². The first-order valence-corrected chi connectivity index (χ1v) is 7.68. The third-order valence-electron chi connectivity index (χ3n) is 5.66. The number of halogens is 3. The number of alkyl halides is 3. The number of ether oxygens (including phenoxy) is 1. The van der Waals surface area contributed by atoms with E-state index in [9.17, 15) is 18.0 Å². The lowest BCUT2D eigenvalue weighted by atomic mass is 9.37. The maximum atomic E-state index is 12.1. The lowest BCUT2D eigenvalue weighted by Gasteiger charge is -2.69. The lowest BCUT2D eigenvalue weighted by molar-refractivity contribution is -0.356. The number of carboxylic acid groups (broad SMARTS) is 1. The number of hydrogen-bond donors (Lipinski definition) is 2. The molecule has 9 heteroatoms. The summed E-state index contributed by atoms with van der Waals surface area (Å²) < 4.78 is 40.3. The molecule has 0 spiro atoms. The van der Waals surface area contributed by atoms with Gasteiger partial charge in [-0.05, 0) is 32.1 Å². The van der Waals surface area contributed by atoms with Gasteiger partial charge in [-0.2, -0.15) is 0 Å². The topological polar surface area (TPSA) is 80.2 Å². The molecule has 1 atom stereocenters. The van der Waals surface area contributed by atoms with Crippen molar-refractivity contribution in [2.75, 3.05) is 0 Å². The van der Waals surface area contributed by atoms with Crippen molar-refractivity contribution in [1.82, 2.24) is 5.32 Å². The molecule has 128 valence electrons. The maximum absolute atomic E-state index is 12.1. The highest BCUT2D eigenvalue weighted by Gasteiger charge is 2.71. The van der Waals surface area contributed by atoms with Gasteiger partial charge in [0.05, 0.1) is 11.8 Å². The third kappa shape index (κ3) is 2.45. The van der Waals surface area contributed by atoms with Crippen molar-refractivity contribution in [2.24, 2.45) is 16.5 Å². The summed E-state index contributed by atoms with van der Waals surface area (Å²) >= 11 is 0. The van der Waals surface area contributed by atoms with Crippen LogP contribution in [0.4, 0.5) is 18.0 Å². The second-order valence-corrected chi connectivity index (χ2v) is 7.32. The van der Waals surface area contributed by atoms with E-state index >= 15 is 0 Å². The fraction of sp³-hybridized carbons (Fsp3) is 0.857. The van der Waals surface area contributed by atoms with E-state index in [0.29, 0.717) is 19.3 Å². The van der Waals surface area contributed by atoms with E-state index in [4.69, 9.17) is 9.94 Å². The average molecular weight is 334 g/mol. The van der Waals surface area contributed by atoms with E-state index in [1.807, 2.05) is 0 Å². The second-order valence-electron chi connectivity index (χ2n) is 7.32. The Hall–Kier alpha value is -1.51. The van der Waals surface area contributed by atoms with Crippen LogP contribution in [-0.4, -0.2) is 41.0 Å². The Bertz CT molecular complexity index is 551. The van der Waals surface area contributed by atoms with Gasteiger partial charge in [-0.25, -0.2) is 4.79 Å². The number of rotatable bonds is 4. The predicted molar refractivity (Wildman–Crippen MR) is 70.8 cm³/mol. The molecule has 6 nitrogen and oxygen atoms in total. The summed E-state index contributed by atoms with van der Waals surface area (Å²) in [5.74, 6) is 0.0436. The van der Waals surface area contributed by atoms with Gasteiger partial charge >= 0.3 is 12.5 Å². The summed E-state index contributed by atoms with van der Waals surface area (Å²) in [5.41, 5.74) is 0.592. The minimum absolute atomic E-state index is 0.0436. The van der Waals surface area contributed by atoms with Gasteiger partial charge in [-0.3, -0.25) is 4.74 Å². The molecular formula is C14H17F3N2O4. The zero-order valence-corrected chi connectivity index (χ0v) is 12.2. The molecule has 4 saturated carbocycles. The standard InChI is InChI=1S/C14H17F3N2O4/c15-14(16,17)22-8-1-7(2-8)9-3-10(19-23-9)12-4-13(5-12,6-12)18-11(20)21/h7-9,18H,1-6H2,(H,20,21).